The highest BCUT2D eigenvalue weighted by molar-refractivity contribution is 9.10. The minimum absolute atomic E-state index is 0.266. The van der Waals surface area contributed by atoms with Gasteiger partial charge in [-0.3, -0.25) is 0 Å². The Morgan fingerprint density at radius 3 is 3.00 bits per heavy atom. The molecule has 0 saturated carbocycles. The van der Waals surface area contributed by atoms with Gasteiger partial charge < -0.3 is 9.72 Å². The van der Waals surface area contributed by atoms with E-state index in [1.807, 2.05) is 16.8 Å². The van der Waals surface area contributed by atoms with E-state index < -0.39 is 0 Å². The van der Waals surface area contributed by atoms with Crippen LogP contribution in [0.25, 0.3) is 5.65 Å². The molecule has 2 aromatic heterocycles. The first-order valence-electron chi connectivity index (χ1n) is 5.80. The quantitative estimate of drug-likeness (QED) is 0.723. The summed E-state index contributed by atoms with van der Waals surface area (Å²) in [7, 11) is 0. The molecule has 102 valence electrons. The van der Waals surface area contributed by atoms with E-state index in [9.17, 15) is 4.39 Å². The summed E-state index contributed by atoms with van der Waals surface area (Å²) in [5.74, 6) is 0.374. The first kappa shape index (κ1) is 13.5. The molecule has 0 bridgehead atoms. The van der Waals surface area contributed by atoms with Gasteiger partial charge in [0.2, 0.25) is 0 Å². The number of anilines is 1. The third-order valence-electron chi connectivity index (χ3n) is 2.80. The number of hydrogen-bond acceptors (Lipinski definition) is 3. The summed E-state index contributed by atoms with van der Waals surface area (Å²) in [5, 5.41) is 3.18. The fraction of sp³-hybridized carbons (Fsp3) is 0.0769. The molecule has 4 nitrogen and oxygen atoms in total. The van der Waals surface area contributed by atoms with Crippen LogP contribution in [0.2, 0.25) is 0 Å². The Bertz CT molecular complexity index is 772. The summed E-state index contributed by atoms with van der Waals surface area (Å²) >= 11 is 6.75. The standard InChI is InChI=1S/C13H9Br2FN4/c14-10-2-1-9(16)5-8(10)6-18-12-13-17-3-4-20(13)7-11(15)19-12/h1-5,7H,6H2,(H,18,19). The zero-order valence-electron chi connectivity index (χ0n) is 10.1. The van der Waals surface area contributed by atoms with Crippen molar-refractivity contribution < 1.29 is 4.39 Å². The van der Waals surface area contributed by atoms with Crippen molar-refractivity contribution in [1.82, 2.24) is 14.4 Å². The lowest BCUT2D eigenvalue weighted by atomic mass is 10.2. The molecule has 0 aliphatic heterocycles. The summed E-state index contributed by atoms with van der Waals surface area (Å²) in [6, 6.07) is 4.58. The van der Waals surface area contributed by atoms with E-state index in [4.69, 9.17) is 0 Å². The van der Waals surface area contributed by atoms with Gasteiger partial charge in [-0.25, -0.2) is 14.4 Å². The van der Waals surface area contributed by atoms with E-state index in [2.05, 4.69) is 47.1 Å². The summed E-state index contributed by atoms with van der Waals surface area (Å²) in [5.41, 5.74) is 1.54. The summed E-state index contributed by atoms with van der Waals surface area (Å²) < 4.78 is 16.7. The molecular formula is C13H9Br2FN4. The molecule has 0 atom stereocenters. The zero-order valence-corrected chi connectivity index (χ0v) is 13.3. The second kappa shape index (κ2) is 5.49. The first-order valence-corrected chi connectivity index (χ1v) is 7.39. The molecule has 0 fully saturated rings. The topological polar surface area (TPSA) is 42.2 Å². The Hall–Kier alpha value is -1.47. The molecule has 20 heavy (non-hydrogen) atoms. The van der Waals surface area contributed by atoms with E-state index >= 15 is 0 Å². The number of rotatable bonds is 3. The molecule has 0 aliphatic carbocycles. The third-order valence-corrected chi connectivity index (χ3v) is 3.95. The van der Waals surface area contributed by atoms with E-state index in [0.29, 0.717) is 17.0 Å². The average Bonchev–Trinajstić information content (AvgIpc) is 2.87. The monoisotopic (exact) mass is 398 g/mol. The number of halogens is 3. The molecule has 3 rings (SSSR count). The predicted octanol–water partition coefficient (Wildman–Crippen LogP) is 4.01. The van der Waals surface area contributed by atoms with Crippen molar-refractivity contribution in [3.05, 3.63) is 57.2 Å². The molecule has 7 heteroatoms. The molecule has 0 amide bonds. The van der Waals surface area contributed by atoms with E-state index in [1.165, 1.54) is 12.1 Å². The highest BCUT2D eigenvalue weighted by Gasteiger charge is 2.08. The summed E-state index contributed by atoms with van der Waals surface area (Å²) in [6.45, 7) is 0.449. The average molecular weight is 400 g/mol. The van der Waals surface area contributed by atoms with E-state index in [-0.39, 0.29) is 5.82 Å². The molecule has 0 saturated heterocycles. The van der Waals surface area contributed by atoms with E-state index in [1.54, 1.807) is 12.3 Å². The summed E-state index contributed by atoms with van der Waals surface area (Å²) in [4.78, 5) is 8.60. The normalized spacial score (nSPS) is 10.9. The van der Waals surface area contributed by atoms with Crippen molar-refractivity contribution in [2.75, 3.05) is 5.32 Å². The van der Waals surface area contributed by atoms with Crippen LogP contribution in [0.1, 0.15) is 5.56 Å². The summed E-state index contributed by atoms with van der Waals surface area (Å²) in [6.07, 6.45) is 5.36. The van der Waals surface area contributed by atoms with Crippen LogP contribution < -0.4 is 5.32 Å². The number of hydrogen-bond donors (Lipinski definition) is 1. The van der Waals surface area contributed by atoms with Gasteiger partial charge in [0, 0.05) is 29.6 Å². The Kier molecular flexibility index (Phi) is 3.71. The Balaban J connectivity index is 1.90. The van der Waals surface area contributed by atoms with Gasteiger partial charge in [-0.05, 0) is 39.7 Å². The molecule has 3 aromatic rings. The van der Waals surface area contributed by atoms with Crippen LogP contribution in [0.3, 0.4) is 0 Å². The SMILES string of the molecule is Fc1ccc(Br)c(CNc2nc(Br)cn3ccnc23)c1. The molecule has 0 radical (unpaired) electrons. The lowest BCUT2D eigenvalue weighted by molar-refractivity contribution is 0.625. The molecule has 2 heterocycles. The molecule has 1 aromatic carbocycles. The van der Waals surface area contributed by atoms with Crippen molar-refractivity contribution in [2.24, 2.45) is 0 Å². The lowest BCUT2D eigenvalue weighted by Crippen LogP contribution is -2.05. The number of imidazole rings is 1. The molecule has 0 spiro atoms. The van der Waals surface area contributed by atoms with Crippen LogP contribution in [0, 0.1) is 5.82 Å². The maximum atomic E-state index is 13.3. The van der Waals surface area contributed by atoms with E-state index in [0.717, 1.165) is 15.7 Å². The predicted molar refractivity (Wildman–Crippen MR) is 82.1 cm³/mol. The second-order valence-corrected chi connectivity index (χ2v) is 5.83. The maximum absolute atomic E-state index is 13.3. The molecule has 0 unspecified atom stereocenters. The minimum atomic E-state index is -0.266. The smallest absolute Gasteiger partial charge is 0.180 e. The lowest BCUT2D eigenvalue weighted by Gasteiger charge is -2.09. The fourth-order valence-electron chi connectivity index (χ4n) is 1.88. The second-order valence-electron chi connectivity index (χ2n) is 4.16. The van der Waals surface area contributed by atoms with Gasteiger partial charge in [0.1, 0.15) is 10.4 Å². The Labute approximate surface area is 131 Å². The van der Waals surface area contributed by atoms with Crippen LogP contribution in [0.5, 0.6) is 0 Å². The van der Waals surface area contributed by atoms with Gasteiger partial charge in [-0.2, -0.15) is 0 Å². The van der Waals surface area contributed by atoms with Gasteiger partial charge in [0.25, 0.3) is 0 Å². The zero-order chi connectivity index (χ0) is 14.1. The Morgan fingerprint density at radius 1 is 1.30 bits per heavy atom. The molecule has 1 N–H and O–H groups in total. The van der Waals surface area contributed by atoms with Crippen molar-refractivity contribution in [3.8, 4) is 0 Å². The number of aromatic nitrogens is 3. The highest BCUT2D eigenvalue weighted by Crippen LogP contribution is 2.21. The number of benzene rings is 1. The van der Waals surface area contributed by atoms with Crippen LogP contribution in [0.4, 0.5) is 10.2 Å². The van der Waals surface area contributed by atoms with Crippen molar-refractivity contribution in [3.63, 3.8) is 0 Å². The Morgan fingerprint density at radius 2 is 2.15 bits per heavy atom. The highest BCUT2D eigenvalue weighted by atomic mass is 79.9. The van der Waals surface area contributed by atoms with Crippen LogP contribution >= 0.6 is 31.9 Å². The van der Waals surface area contributed by atoms with Crippen molar-refractivity contribution in [1.29, 1.82) is 0 Å². The van der Waals surface area contributed by atoms with Crippen LogP contribution in [-0.2, 0) is 6.54 Å². The first-order chi connectivity index (χ1) is 9.63. The third kappa shape index (κ3) is 2.69. The van der Waals surface area contributed by atoms with Crippen LogP contribution in [-0.4, -0.2) is 14.4 Å². The molecular weight excluding hydrogens is 391 g/mol. The van der Waals surface area contributed by atoms with Crippen molar-refractivity contribution >= 4 is 43.3 Å². The van der Waals surface area contributed by atoms with Gasteiger partial charge in [0.05, 0.1) is 0 Å². The molecule has 0 aliphatic rings. The minimum Gasteiger partial charge on any atom is -0.363 e. The van der Waals surface area contributed by atoms with Gasteiger partial charge >= 0.3 is 0 Å². The van der Waals surface area contributed by atoms with Gasteiger partial charge in [-0.1, -0.05) is 15.9 Å². The number of fused-ring (bicyclic) bond motifs is 1. The largest absolute Gasteiger partial charge is 0.363 e. The van der Waals surface area contributed by atoms with Crippen LogP contribution in [0.15, 0.2) is 45.9 Å². The number of nitrogens with one attached hydrogen (secondary N) is 1. The number of nitrogens with zero attached hydrogens (tertiary/aromatic N) is 3. The van der Waals surface area contributed by atoms with Crippen molar-refractivity contribution in [2.45, 2.75) is 6.54 Å². The fourth-order valence-corrected chi connectivity index (χ4v) is 2.66. The van der Waals surface area contributed by atoms with Gasteiger partial charge in [0.15, 0.2) is 11.5 Å². The van der Waals surface area contributed by atoms with Gasteiger partial charge in [-0.15, -0.1) is 0 Å². The maximum Gasteiger partial charge on any atom is 0.180 e.